The molecular formula is C18H27N5S. The Labute approximate surface area is 148 Å². The fourth-order valence-electron chi connectivity index (χ4n) is 3.97. The van der Waals surface area contributed by atoms with E-state index in [1.165, 1.54) is 49.2 Å². The molecule has 3 heterocycles. The maximum Gasteiger partial charge on any atom is 0.141 e. The molecule has 2 aromatic rings. The summed E-state index contributed by atoms with van der Waals surface area (Å²) in [6.45, 7) is 7.50. The first-order valence-electron chi connectivity index (χ1n) is 9.30. The van der Waals surface area contributed by atoms with Gasteiger partial charge >= 0.3 is 0 Å². The van der Waals surface area contributed by atoms with Crippen LogP contribution in [-0.2, 0) is 19.4 Å². The third kappa shape index (κ3) is 3.26. The lowest BCUT2D eigenvalue weighted by molar-refractivity contribution is 0.191. The van der Waals surface area contributed by atoms with Crippen LogP contribution < -0.4 is 0 Å². The number of hydrogen-bond acceptors (Lipinski definition) is 5. The summed E-state index contributed by atoms with van der Waals surface area (Å²) in [6, 6.07) is 0.369. The van der Waals surface area contributed by atoms with E-state index in [0.717, 1.165) is 25.5 Å². The number of nitrogens with zero attached hydrogens (tertiary/aromatic N) is 5. The van der Waals surface area contributed by atoms with Gasteiger partial charge in [-0.15, -0.1) is 11.3 Å². The van der Waals surface area contributed by atoms with Gasteiger partial charge in [0.05, 0.1) is 17.2 Å². The van der Waals surface area contributed by atoms with Crippen LogP contribution in [0.1, 0.15) is 72.9 Å². The highest BCUT2D eigenvalue weighted by atomic mass is 32.1. The molecule has 6 heteroatoms. The lowest BCUT2D eigenvalue weighted by Gasteiger charge is -2.31. The molecule has 0 amide bonds. The predicted molar refractivity (Wildman–Crippen MR) is 96.4 cm³/mol. The van der Waals surface area contributed by atoms with Gasteiger partial charge in [-0.05, 0) is 58.9 Å². The topological polar surface area (TPSA) is 46.8 Å². The second-order valence-corrected chi connectivity index (χ2v) is 8.53. The molecule has 5 nitrogen and oxygen atoms in total. The molecule has 0 N–H and O–H groups in total. The van der Waals surface area contributed by atoms with Crippen LogP contribution in [0.5, 0.6) is 0 Å². The van der Waals surface area contributed by atoms with Crippen LogP contribution in [0.25, 0.3) is 0 Å². The van der Waals surface area contributed by atoms with Gasteiger partial charge in [-0.1, -0.05) is 0 Å². The summed E-state index contributed by atoms with van der Waals surface area (Å²) in [6.07, 6.45) is 9.32. The van der Waals surface area contributed by atoms with Crippen LogP contribution in [0.2, 0.25) is 0 Å². The Kier molecular flexibility index (Phi) is 4.68. The standard InChI is InChI=1S/C18H27N5S/c1-13(2)23-17(19-12-20-23)11-22-9-5-6-14(10-22)18-21-15-7-3-4-8-16(15)24-18/h12-14H,3-11H2,1-2H3/t14-/m0/s1. The van der Waals surface area contributed by atoms with E-state index in [9.17, 15) is 0 Å². The molecule has 0 spiro atoms. The third-order valence-corrected chi connectivity index (χ3v) is 6.54. The molecule has 0 radical (unpaired) electrons. The molecule has 130 valence electrons. The van der Waals surface area contributed by atoms with Crippen LogP contribution in [-0.4, -0.2) is 37.7 Å². The zero-order valence-corrected chi connectivity index (χ0v) is 15.6. The first-order valence-corrected chi connectivity index (χ1v) is 10.1. The number of hydrogen-bond donors (Lipinski definition) is 0. The van der Waals surface area contributed by atoms with Gasteiger partial charge in [0, 0.05) is 23.4 Å². The third-order valence-electron chi connectivity index (χ3n) is 5.22. The van der Waals surface area contributed by atoms with E-state index in [0.29, 0.717) is 12.0 Å². The first kappa shape index (κ1) is 16.2. The molecule has 0 aromatic carbocycles. The lowest BCUT2D eigenvalue weighted by atomic mass is 9.98. The summed E-state index contributed by atoms with van der Waals surface area (Å²) in [5, 5.41) is 5.76. The summed E-state index contributed by atoms with van der Waals surface area (Å²) in [7, 11) is 0. The molecule has 1 atom stereocenters. The van der Waals surface area contributed by atoms with E-state index in [4.69, 9.17) is 4.98 Å². The number of rotatable bonds is 4. The molecular weight excluding hydrogens is 318 g/mol. The Hall–Kier alpha value is -1.27. The number of likely N-dealkylation sites (tertiary alicyclic amines) is 1. The molecule has 2 aromatic heterocycles. The summed E-state index contributed by atoms with van der Waals surface area (Å²) < 4.78 is 2.05. The van der Waals surface area contributed by atoms with Crippen molar-refractivity contribution in [1.82, 2.24) is 24.6 Å². The Morgan fingerprint density at radius 1 is 1.25 bits per heavy atom. The highest BCUT2D eigenvalue weighted by Gasteiger charge is 2.27. The van der Waals surface area contributed by atoms with Gasteiger partial charge in [0.15, 0.2) is 0 Å². The Morgan fingerprint density at radius 2 is 2.12 bits per heavy atom. The van der Waals surface area contributed by atoms with Gasteiger partial charge in [0.2, 0.25) is 0 Å². The average Bonchev–Trinajstić information content (AvgIpc) is 3.21. The number of aromatic nitrogens is 4. The number of thiazole rings is 1. The summed E-state index contributed by atoms with van der Waals surface area (Å²) >= 11 is 1.99. The Bertz CT molecular complexity index is 666. The van der Waals surface area contributed by atoms with E-state index in [1.807, 2.05) is 16.0 Å². The number of piperidine rings is 1. The minimum Gasteiger partial charge on any atom is -0.295 e. The molecule has 24 heavy (non-hydrogen) atoms. The van der Waals surface area contributed by atoms with Crippen molar-refractivity contribution in [3.63, 3.8) is 0 Å². The zero-order chi connectivity index (χ0) is 16.5. The highest BCUT2D eigenvalue weighted by molar-refractivity contribution is 7.11. The van der Waals surface area contributed by atoms with Crippen LogP contribution in [0.4, 0.5) is 0 Å². The fraction of sp³-hybridized carbons (Fsp3) is 0.722. The van der Waals surface area contributed by atoms with Crippen molar-refractivity contribution in [2.45, 2.75) is 70.9 Å². The van der Waals surface area contributed by atoms with Crippen molar-refractivity contribution in [3.8, 4) is 0 Å². The van der Waals surface area contributed by atoms with Crippen molar-refractivity contribution < 1.29 is 0 Å². The SMILES string of the molecule is CC(C)n1ncnc1CN1CCC[C@H](c2nc3c(s2)CCCC3)C1. The van der Waals surface area contributed by atoms with Gasteiger partial charge in [0.1, 0.15) is 12.2 Å². The van der Waals surface area contributed by atoms with Gasteiger partial charge < -0.3 is 0 Å². The van der Waals surface area contributed by atoms with Crippen molar-refractivity contribution in [2.75, 3.05) is 13.1 Å². The lowest BCUT2D eigenvalue weighted by Crippen LogP contribution is -2.35. The normalized spacial score (nSPS) is 22.0. The van der Waals surface area contributed by atoms with E-state index < -0.39 is 0 Å². The monoisotopic (exact) mass is 345 g/mol. The maximum absolute atomic E-state index is 5.01. The number of fused-ring (bicyclic) bond motifs is 1. The quantitative estimate of drug-likeness (QED) is 0.850. The molecule has 1 fully saturated rings. The van der Waals surface area contributed by atoms with Gasteiger partial charge in [-0.2, -0.15) is 5.10 Å². The van der Waals surface area contributed by atoms with Crippen molar-refractivity contribution in [3.05, 3.63) is 27.7 Å². The minimum absolute atomic E-state index is 0.369. The summed E-state index contributed by atoms with van der Waals surface area (Å²) in [4.78, 5) is 13.6. The van der Waals surface area contributed by atoms with Crippen molar-refractivity contribution in [2.24, 2.45) is 0 Å². The van der Waals surface area contributed by atoms with E-state index in [2.05, 4.69) is 28.8 Å². The molecule has 1 aliphatic carbocycles. The summed E-state index contributed by atoms with van der Waals surface area (Å²) in [5.41, 5.74) is 1.40. The van der Waals surface area contributed by atoms with E-state index >= 15 is 0 Å². The summed E-state index contributed by atoms with van der Waals surface area (Å²) in [5.74, 6) is 1.69. The number of aryl methyl sites for hydroxylation is 2. The largest absolute Gasteiger partial charge is 0.295 e. The molecule has 0 bridgehead atoms. The van der Waals surface area contributed by atoms with Crippen LogP contribution >= 0.6 is 11.3 Å². The second-order valence-electron chi connectivity index (χ2n) is 7.42. The van der Waals surface area contributed by atoms with Gasteiger partial charge in [-0.3, -0.25) is 4.90 Å². The van der Waals surface area contributed by atoms with Crippen molar-refractivity contribution >= 4 is 11.3 Å². The minimum atomic E-state index is 0.369. The first-order chi connectivity index (χ1) is 11.7. The molecule has 4 rings (SSSR count). The van der Waals surface area contributed by atoms with Crippen molar-refractivity contribution in [1.29, 1.82) is 0 Å². The highest BCUT2D eigenvalue weighted by Crippen LogP contribution is 2.34. The second kappa shape index (κ2) is 6.92. The van der Waals surface area contributed by atoms with Gasteiger partial charge in [-0.25, -0.2) is 14.6 Å². The Morgan fingerprint density at radius 3 is 2.96 bits per heavy atom. The van der Waals surface area contributed by atoms with Crippen LogP contribution in [0.3, 0.4) is 0 Å². The van der Waals surface area contributed by atoms with E-state index in [-0.39, 0.29) is 0 Å². The maximum atomic E-state index is 5.01. The van der Waals surface area contributed by atoms with Crippen LogP contribution in [0, 0.1) is 0 Å². The smallest absolute Gasteiger partial charge is 0.141 e. The van der Waals surface area contributed by atoms with E-state index in [1.54, 1.807) is 11.2 Å². The molecule has 0 saturated carbocycles. The molecule has 2 aliphatic rings. The Balaban J connectivity index is 1.45. The van der Waals surface area contributed by atoms with Gasteiger partial charge in [0.25, 0.3) is 0 Å². The molecule has 1 saturated heterocycles. The predicted octanol–water partition coefficient (Wildman–Crippen LogP) is 3.57. The zero-order valence-electron chi connectivity index (χ0n) is 14.7. The fourth-order valence-corrected chi connectivity index (χ4v) is 5.25. The molecule has 1 aliphatic heterocycles. The van der Waals surface area contributed by atoms with Crippen LogP contribution in [0.15, 0.2) is 6.33 Å². The average molecular weight is 346 g/mol. The molecule has 0 unspecified atom stereocenters.